The van der Waals surface area contributed by atoms with Crippen molar-refractivity contribution in [3.8, 4) is 0 Å². The monoisotopic (exact) mass is 304 g/mol. The second-order valence-corrected chi connectivity index (χ2v) is 7.58. The predicted molar refractivity (Wildman–Crippen MR) is 76.8 cm³/mol. The summed E-state index contributed by atoms with van der Waals surface area (Å²) in [6.45, 7) is 6.49. The van der Waals surface area contributed by atoms with E-state index in [0.29, 0.717) is 6.54 Å². The van der Waals surface area contributed by atoms with Gasteiger partial charge in [0.05, 0.1) is 23.0 Å². The van der Waals surface area contributed by atoms with E-state index in [1.165, 1.54) is 11.3 Å². The minimum Gasteiger partial charge on any atom is -0.314 e. The molecule has 0 bridgehead atoms. The van der Waals surface area contributed by atoms with E-state index in [2.05, 4.69) is 19.9 Å². The summed E-state index contributed by atoms with van der Waals surface area (Å²) < 4.78 is 26.4. The number of sulfonamides is 1. The molecule has 0 radical (unpaired) electrons. The fourth-order valence-corrected chi connectivity index (χ4v) is 3.55. The van der Waals surface area contributed by atoms with Crippen LogP contribution in [0.25, 0.3) is 0 Å². The van der Waals surface area contributed by atoms with Crippen LogP contribution in [0.4, 0.5) is 0 Å². The lowest BCUT2D eigenvalue weighted by molar-refractivity contribution is 0.253. The topological polar surface area (TPSA) is 74.3 Å². The van der Waals surface area contributed by atoms with E-state index in [-0.39, 0.29) is 12.3 Å². The van der Waals surface area contributed by atoms with E-state index in [1.54, 1.807) is 0 Å². The smallest absolute Gasteiger partial charge is 0.213 e. The van der Waals surface area contributed by atoms with Gasteiger partial charge in [-0.2, -0.15) is 0 Å². The molecule has 2 N–H and O–H groups in total. The Kier molecular flexibility index (Phi) is 5.28. The Balaban J connectivity index is 1.75. The first-order valence-electron chi connectivity index (χ1n) is 6.36. The molecule has 2 rings (SSSR count). The third kappa shape index (κ3) is 5.15. The number of hydrogen-bond acceptors (Lipinski definition) is 6. The summed E-state index contributed by atoms with van der Waals surface area (Å²) in [5, 5.41) is 6.08. The maximum absolute atomic E-state index is 11.9. The Morgan fingerprint density at radius 1 is 1.47 bits per heavy atom. The molecule has 8 heteroatoms. The normalized spacial score (nSPS) is 17.7. The minimum atomic E-state index is -3.22. The Hall–Kier alpha value is -0.540. The molecule has 0 atom stereocenters. The van der Waals surface area contributed by atoms with Gasteiger partial charge in [0.1, 0.15) is 0 Å². The first-order valence-corrected chi connectivity index (χ1v) is 8.90. The Morgan fingerprint density at radius 2 is 2.21 bits per heavy atom. The van der Waals surface area contributed by atoms with Crippen LogP contribution in [0.1, 0.15) is 10.7 Å². The molecule has 108 valence electrons. The van der Waals surface area contributed by atoms with E-state index < -0.39 is 10.0 Å². The maximum Gasteiger partial charge on any atom is 0.213 e. The van der Waals surface area contributed by atoms with Gasteiger partial charge >= 0.3 is 0 Å². The van der Waals surface area contributed by atoms with Crippen molar-refractivity contribution in [1.29, 1.82) is 0 Å². The zero-order valence-corrected chi connectivity index (χ0v) is 12.7. The van der Waals surface area contributed by atoms with Gasteiger partial charge in [0, 0.05) is 38.1 Å². The molecule has 1 aliphatic rings. The third-order valence-electron chi connectivity index (χ3n) is 3.03. The van der Waals surface area contributed by atoms with Crippen LogP contribution in [-0.2, 0) is 16.6 Å². The zero-order valence-electron chi connectivity index (χ0n) is 11.1. The van der Waals surface area contributed by atoms with Crippen molar-refractivity contribution in [3.63, 3.8) is 0 Å². The Bertz CT molecular complexity index is 495. The molecule has 0 unspecified atom stereocenters. The van der Waals surface area contributed by atoms with Crippen molar-refractivity contribution < 1.29 is 8.42 Å². The number of aryl methyl sites for hydroxylation is 1. The van der Waals surface area contributed by atoms with Gasteiger partial charge in [0.25, 0.3) is 0 Å². The van der Waals surface area contributed by atoms with Gasteiger partial charge < -0.3 is 5.32 Å². The van der Waals surface area contributed by atoms with Crippen molar-refractivity contribution in [2.24, 2.45) is 0 Å². The molecule has 1 fully saturated rings. The number of aromatic nitrogens is 1. The van der Waals surface area contributed by atoms with Crippen LogP contribution >= 0.6 is 11.3 Å². The largest absolute Gasteiger partial charge is 0.314 e. The number of piperazine rings is 1. The highest BCUT2D eigenvalue weighted by Gasteiger charge is 2.15. The van der Waals surface area contributed by atoms with Gasteiger partial charge in [-0.15, -0.1) is 11.3 Å². The summed E-state index contributed by atoms with van der Waals surface area (Å²) in [4.78, 5) is 6.41. The standard InChI is InChI=1S/C11H20N4O2S2/c1-10-14-11(9-18-10)8-13-19(16,17)7-6-15-4-2-12-3-5-15/h9,12-13H,2-8H2,1H3. The molecular weight excluding hydrogens is 284 g/mol. The number of nitrogens with one attached hydrogen (secondary N) is 2. The molecule has 0 aromatic carbocycles. The van der Waals surface area contributed by atoms with Crippen LogP contribution in [0.3, 0.4) is 0 Å². The molecule has 0 spiro atoms. The van der Waals surface area contributed by atoms with E-state index in [0.717, 1.165) is 36.9 Å². The van der Waals surface area contributed by atoms with Gasteiger partial charge in [-0.25, -0.2) is 18.1 Å². The van der Waals surface area contributed by atoms with Crippen molar-refractivity contribution >= 4 is 21.4 Å². The van der Waals surface area contributed by atoms with Crippen LogP contribution in [0, 0.1) is 6.92 Å². The Labute approximate surface area is 118 Å². The van der Waals surface area contributed by atoms with E-state index in [4.69, 9.17) is 0 Å². The first-order chi connectivity index (χ1) is 9.05. The lowest BCUT2D eigenvalue weighted by Crippen LogP contribution is -2.45. The van der Waals surface area contributed by atoms with Gasteiger partial charge in [0.15, 0.2) is 0 Å². The summed E-state index contributed by atoms with van der Waals surface area (Å²) in [6, 6.07) is 0. The molecule has 0 amide bonds. The van der Waals surface area contributed by atoms with Crippen LogP contribution in [-0.4, -0.2) is 56.8 Å². The molecule has 1 aromatic heterocycles. The van der Waals surface area contributed by atoms with Gasteiger partial charge in [0.2, 0.25) is 10.0 Å². The molecule has 1 aliphatic heterocycles. The average molecular weight is 304 g/mol. The molecular formula is C11H20N4O2S2. The lowest BCUT2D eigenvalue weighted by atomic mass is 10.4. The number of rotatable bonds is 6. The highest BCUT2D eigenvalue weighted by molar-refractivity contribution is 7.89. The fourth-order valence-electron chi connectivity index (χ4n) is 1.93. The fraction of sp³-hybridized carbons (Fsp3) is 0.727. The summed E-state index contributed by atoms with van der Waals surface area (Å²) >= 11 is 1.53. The van der Waals surface area contributed by atoms with Crippen LogP contribution < -0.4 is 10.0 Å². The number of nitrogens with zero attached hydrogens (tertiary/aromatic N) is 2. The summed E-state index contributed by atoms with van der Waals surface area (Å²) in [5.74, 6) is 0.149. The van der Waals surface area contributed by atoms with Crippen molar-refractivity contribution in [2.45, 2.75) is 13.5 Å². The van der Waals surface area contributed by atoms with Crippen LogP contribution in [0.5, 0.6) is 0 Å². The van der Waals surface area contributed by atoms with Gasteiger partial charge in [-0.1, -0.05) is 0 Å². The van der Waals surface area contributed by atoms with E-state index in [9.17, 15) is 8.42 Å². The molecule has 2 heterocycles. The molecule has 1 aromatic rings. The van der Waals surface area contributed by atoms with Gasteiger partial charge in [-0.3, -0.25) is 4.90 Å². The maximum atomic E-state index is 11.9. The van der Waals surface area contributed by atoms with E-state index >= 15 is 0 Å². The summed E-state index contributed by atoms with van der Waals surface area (Å²) in [6.07, 6.45) is 0. The molecule has 6 nitrogen and oxygen atoms in total. The van der Waals surface area contributed by atoms with Crippen molar-refractivity contribution in [2.75, 3.05) is 38.5 Å². The summed E-state index contributed by atoms with van der Waals surface area (Å²) in [7, 11) is -3.22. The second kappa shape index (κ2) is 6.76. The second-order valence-electron chi connectivity index (χ2n) is 4.59. The predicted octanol–water partition coefficient (Wildman–Crippen LogP) is -0.224. The third-order valence-corrected chi connectivity index (χ3v) is 5.15. The van der Waals surface area contributed by atoms with Crippen LogP contribution in [0.2, 0.25) is 0 Å². The Morgan fingerprint density at radius 3 is 2.84 bits per heavy atom. The van der Waals surface area contributed by atoms with Gasteiger partial charge in [-0.05, 0) is 6.92 Å². The number of hydrogen-bond donors (Lipinski definition) is 2. The minimum absolute atomic E-state index is 0.149. The van der Waals surface area contributed by atoms with Crippen molar-refractivity contribution in [1.82, 2.24) is 19.9 Å². The molecule has 19 heavy (non-hydrogen) atoms. The SMILES string of the molecule is Cc1nc(CNS(=O)(=O)CCN2CCNCC2)cs1. The summed E-state index contributed by atoms with van der Waals surface area (Å²) in [5.41, 5.74) is 0.785. The lowest BCUT2D eigenvalue weighted by Gasteiger charge is -2.26. The van der Waals surface area contributed by atoms with Crippen LogP contribution in [0.15, 0.2) is 5.38 Å². The highest BCUT2D eigenvalue weighted by atomic mass is 32.2. The van der Waals surface area contributed by atoms with E-state index in [1.807, 2.05) is 12.3 Å². The molecule has 0 saturated carbocycles. The zero-order chi connectivity index (χ0) is 13.7. The highest BCUT2D eigenvalue weighted by Crippen LogP contribution is 2.07. The van der Waals surface area contributed by atoms with Crippen molar-refractivity contribution in [3.05, 3.63) is 16.1 Å². The number of thiazole rings is 1. The first kappa shape index (κ1) is 14.9. The average Bonchev–Trinajstić information content (AvgIpc) is 2.82. The quantitative estimate of drug-likeness (QED) is 0.760. The molecule has 1 saturated heterocycles. The molecule has 0 aliphatic carbocycles.